The molecule has 5 nitrogen and oxygen atoms in total. The lowest BCUT2D eigenvalue weighted by molar-refractivity contribution is -0.267. The van der Waals surface area contributed by atoms with Crippen molar-refractivity contribution in [3.8, 4) is 5.75 Å². The van der Waals surface area contributed by atoms with Gasteiger partial charge in [-0.1, -0.05) is 12.1 Å². The summed E-state index contributed by atoms with van der Waals surface area (Å²) in [6.45, 7) is 6.95. The molecule has 0 spiro atoms. The SMILES string of the molecule is Cc1csc(C(O)(CC(=O)NC(C)c2ccc(OC(C)C)cc2)C(F)(F)F)n1. The normalized spacial score (nSPS) is 15.2. The van der Waals surface area contributed by atoms with Crippen molar-refractivity contribution in [1.29, 1.82) is 0 Å². The topological polar surface area (TPSA) is 71.5 Å². The number of ether oxygens (including phenoxy) is 1. The molecule has 0 aliphatic rings. The van der Waals surface area contributed by atoms with E-state index < -0.39 is 35.2 Å². The molecule has 0 aliphatic carbocycles. The largest absolute Gasteiger partial charge is 0.491 e. The molecule has 1 amide bonds. The number of carbonyl (C=O) groups excluding carboxylic acids is 1. The number of aromatic nitrogens is 1. The number of aliphatic hydroxyl groups is 1. The summed E-state index contributed by atoms with van der Waals surface area (Å²) in [5.41, 5.74) is -2.28. The Hall–Kier alpha value is -2.13. The summed E-state index contributed by atoms with van der Waals surface area (Å²) in [5.74, 6) is -0.273. The lowest BCUT2D eigenvalue weighted by Crippen LogP contribution is -2.46. The van der Waals surface area contributed by atoms with Crippen molar-refractivity contribution in [2.24, 2.45) is 0 Å². The van der Waals surface area contributed by atoms with Gasteiger partial charge in [0.25, 0.3) is 0 Å². The van der Waals surface area contributed by atoms with E-state index in [0.29, 0.717) is 28.3 Å². The first kappa shape index (κ1) is 22.2. The highest BCUT2D eigenvalue weighted by molar-refractivity contribution is 7.09. The Bertz CT molecular complexity index is 806. The number of nitrogens with zero attached hydrogens (tertiary/aromatic N) is 1. The zero-order chi connectivity index (χ0) is 21.1. The Morgan fingerprint density at radius 1 is 1.25 bits per heavy atom. The highest BCUT2D eigenvalue weighted by Gasteiger charge is 2.58. The van der Waals surface area contributed by atoms with Gasteiger partial charge in [0.15, 0.2) is 0 Å². The molecule has 1 aromatic carbocycles. The van der Waals surface area contributed by atoms with Gasteiger partial charge in [-0.15, -0.1) is 11.3 Å². The molecule has 1 heterocycles. The maximum Gasteiger partial charge on any atom is 0.424 e. The number of hydrogen-bond acceptors (Lipinski definition) is 5. The number of aryl methyl sites for hydroxylation is 1. The van der Waals surface area contributed by atoms with E-state index in [1.807, 2.05) is 13.8 Å². The molecular formula is C19H23F3N2O3S. The van der Waals surface area contributed by atoms with Crippen molar-refractivity contribution in [2.75, 3.05) is 0 Å². The highest BCUT2D eigenvalue weighted by atomic mass is 32.1. The van der Waals surface area contributed by atoms with Gasteiger partial charge in [-0.05, 0) is 45.4 Å². The molecule has 9 heteroatoms. The summed E-state index contributed by atoms with van der Waals surface area (Å²) in [7, 11) is 0. The van der Waals surface area contributed by atoms with Crippen molar-refractivity contribution in [3.63, 3.8) is 0 Å². The second kappa shape index (κ2) is 8.48. The van der Waals surface area contributed by atoms with E-state index in [1.165, 1.54) is 12.3 Å². The molecule has 0 bridgehead atoms. The number of halogens is 3. The van der Waals surface area contributed by atoms with E-state index in [1.54, 1.807) is 31.2 Å². The lowest BCUT2D eigenvalue weighted by atomic mass is 9.98. The number of benzene rings is 1. The first-order valence-corrected chi connectivity index (χ1v) is 9.58. The van der Waals surface area contributed by atoms with Crippen LogP contribution in [-0.2, 0) is 10.4 Å². The monoisotopic (exact) mass is 416 g/mol. The molecule has 0 aliphatic heterocycles. The number of thiazole rings is 1. The highest BCUT2D eigenvalue weighted by Crippen LogP contribution is 2.42. The van der Waals surface area contributed by atoms with Gasteiger partial charge in [0.05, 0.1) is 18.6 Å². The zero-order valence-electron chi connectivity index (χ0n) is 16.0. The molecule has 2 atom stereocenters. The van der Waals surface area contributed by atoms with Crippen LogP contribution in [0.4, 0.5) is 13.2 Å². The molecule has 0 fully saturated rings. The van der Waals surface area contributed by atoms with Gasteiger partial charge in [0, 0.05) is 11.1 Å². The second-order valence-corrected chi connectivity index (χ2v) is 7.71. The van der Waals surface area contributed by atoms with E-state index in [9.17, 15) is 23.1 Å². The van der Waals surface area contributed by atoms with E-state index in [2.05, 4.69) is 10.3 Å². The van der Waals surface area contributed by atoms with E-state index >= 15 is 0 Å². The van der Waals surface area contributed by atoms with Crippen molar-refractivity contribution in [2.45, 2.75) is 58.0 Å². The summed E-state index contributed by atoms with van der Waals surface area (Å²) in [4.78, 5) is 16.0. The fourth-order valence-electron chi connectivity index (χ4n) is 2.56. The maximum atomic E-state index is 13.5. The third-order valence-corrected chi connectivity index (χ3v) is 5.10. The second-order valence-electron chi connectivity index (χ2n) is 6.85. The third kappa shape index (κ3) is 5.23. The number of nitrogens with one attached hydrogen (secondary N) is 1. The Morgan fingerprint density at radius 2 is 1.86 bits per heavy atom. The van der Waals surface area contributed by atoms with Gasteiger partial charge in [0.2, 0.25) is 11.5 Å². The average molecular weight is 416 g/mol. The van der Waals surface area contributed by atoms with Crippen LogP contribution in [0.15, 0.2) is 29.6 Å². The van der Waals surface area contributed by atoms with Crippen molar-refractivity contribution in [1.82, 2.24) is 10.3 Å². The van der Waals surface area contributed by atoms with Gasteiger partial charge < -0.3 is 15.2 Å². The Morgan fingerprint density at radius 3 is 2.32 bits per heavy atom. The first-order chi connectivity index (χ1) is 12.9. The molecule has 2 N–H and O–H groups in total. The smallest absolute Gasteiger partial charge is 0.424 e. The zero-order valence-corrected chi connectivity index (χ0v) is 16.8. The van der Waals surface area contributed by atoms with Crippen LogP contribution in [0, 0.1) is 6.92 Å². The average Bonchev–Trinajstić information content (AvgIpc) is 3.00. The molecule has 0 radical (unpaired) electrons. The number of alkyl halides is 3. The van der Waals surface area contributed by atoms with Crippen molar-refractivity contribution in [3.05, 3.63) is 45.9 Å². The van der Waals surface area contributed by atoms with E-state index in [-0.39, 0.29) is 6.10 Å². The summed E-state index contributed by atoms with van der Waals surface area (Å²) in [5, 5.41) is 13.6. The minimum Gasteiger partial charge on any atom is -0.491 e. The molecule has 28 heavy (non-hydrogen) atoms. The van der Waals surface area contributed by atoms with Gasteiger partial charge in [-0.25, -0.2) is 4.98 Å². The molecule has 154 valence electrons. The van der Waals surface area contributed by atoms with Crippen molar-refractivity contribution < 1.29 is 27.8 Å². The van der Waals surface area contributed by atoms with Gasteiger partial charge in [-0.3, -0.25) is 4.79 Å². The number of hydrogen-bond donors (Lipinski definition) is 2. The van der Waals surface area contributed by atoms with Crippen LogP contribution < -0.4 is 10.1 Å². The molecule has 0 saturated carbocycles. The van der Waals surface area contributed by atoms with Crippen LogP contribution in [-0.4, -0.2) is 28.3 Å². The van der Waals surface area contributed by atoms with Crippen LogP contribution in [0.5, 0.6) is 5.75 Å². The van der Waals surface area contributed by atoms with Crippen molar-refractivity contribution >= 4 is 17.2 Å². The first-order valence-electron chi connectivity index (χ1n) is 8.70. The minimum absolute atomic E-state index is 0.0116. The Balaban J connectivity index is 2.10. The van der Waals surface area contributed by atoms with E-state index in [4.69, 9.17) is 4.74 Å². The van der Waals surface area contributed by atoms with Crippen LogP contribution in [0.1, 0.15) is 49.5 Å². The number of carbonyl (C=O) groups is 1. The molecule has 0 saturated heterocycles. The Labute approximate surface area is 165 Å². The molecule has 2 rings (SSSR count). The maximum absolute atomic E-state index is 13.5. The van der Waals surface area contributed by atoms with Gasteiger partial charge >= 0.3 is 6.18 Å². The lowest BCUT2D eigenvalue weighted by Gasteiger charge is -2.28. The third-order valence-electron chi connectivity index (χ3n) is 3.99. The number of rotatable bonds is 7. The quantitative estimate of drug-likeness (QED) is 0.708. The Kier molecular flexibility index (Phi) is 6.71. The summed E-state index contributed by atoms with van der Waals surface area (Å²) < 4.78 is 46.0. The summed E-state index contributed by atoms with van der Waals surface area (Å²) in [6.07, 6.45) is -6.19. The predicted molar refractivity (Wildman–Crippen MR) is 100 cm³/mol. The molecule has 2 aromatic rings. The van der Waals surface area contributed by atoms with Crippen LogP contribution in [0.25, 0.3) is 0 Å². The predicted octanol–water partition coefficient (Wildman–Crippen LogP) is 4.26. The summed E-state index contributed by atoms with van der Waals surface area (Å²) >= 11 is 0.672. The number of amides is 1. The fourth-order valence-corrected chi connectivity index (χ4v) is 3.47. The van der Waals surface area contributed by atoms with Gasteiger partial charge in [-0.2, -0.15) is 13.2 Å². The van der Waals surface area contributed by atoms with E-state index in [0.717, 1.165) is 0 Å². The van der Waals surface area contributed by atoms with Gasteiger partial charge in [0.1, 0.15) is 10.8 Å². The van der Waals surface area contributed by atoms with Crippen LogP contribution in [0.2, 0.25) is 0 Å². The summed E-state index contributed by atoms with van der Waals surface area (Å²) in [6, 6.07) is 6.35. The molecule has 2 unspecified atom stereocenters. The molecule has 1 aromatic heterocycles. The van der Waals surface area contributed by atoms with Crippen LogP contribution >= 0.6 is 11.3 Å². The fraction of sp³-hybridized carbons (Fsp3) is 0.474. The standard InChI is InChI=1S/C19H23F3N2O3S/c1-11(2)27-15-7-5-14(6-8-15)13(4)24-16(25)9-18(26,19(20,21)22)17-23-12(3)10-28-17/h5-8,10-11,13,26H,9H2,1-4H3,(H,24,25). The molecular weight excluding hydrogens is 393 g/mol. The minimum atomic E-state index is -5.03. The van der Waals surface area contributed by atoms with Crippen LogP contribution in [0.3, 0.4) is 0 Å².